The fourth-order valence-electron chi connectivity index (χ4n) is 3.34. The van der Waals surface area contributed by atoms with E-state index in [-0.39, 0.29) is 18.3 Å². The zero-order valence-corrected chi connectivity index (χ0v) is 15.5. The molecule has 2 aliphatic rings. The van der Waals surface area contributed by atoms with Gasteiger partial charge < -0.3 is 14.6 Å². The molecule has 130 valence electrons. The maximum atomic E-state index is 6.00. The number of benzene rings is 1. The van der Waals surface area contributed by atoms with Crippen LogP contribution in [0.1, 0.15) is 51.7 Å². The highest BCUT2D eigenvalue weighted by Crippen LogP contribution is 2.37. The first-order valence-electron chi connectivity index (χ1n) is 9.19. The molecule has 3 nitrogen and oxygen atoms in total. The molecule has 0 spiro atoms. The maximum Gasteiger partial charge on any atom is 0.487 e. The van der Waals surface area contributed by atoms with Crippen LogP contribution in [0.25, 0.3) is 6.08 Å². The molecule has 2 heterocycles. The molecule has 0 aliphatic carbocycles. The standard InChI is InChI=1S/C20H30BNO2/c1-19(2)20(3,4)24-21(23-19)12-9-16-5-7-17(8-6-16)15-18-10-13-22-14-11-18/h5-9,12,18,22H,10-11,13-15H2,1-4H3/b12-9+. The second kappa shape index (κ2) is 7.03. The van der Waals surface area contributed by atoms with Gasteiger partial charge in [-0.05, 0) is 77.1 Å². The first-order chi connectivity index (χ1) is 11.4. The summed E-state index contributed by atoms with van der Waals surface area (Å²) in [5.74, 6) is 2.84. The van der Waals surface area contributed by atoms with Crippen LogP contribution in [0.4, 0.5) is 0 Å². The SMILES string of the molecule is CC1(C)OB(/C=C/c2ccc(CC3CCNCC3)cc2)OC1(C)C. The lowest BCUT2D eigenvalue weighted by atomic mass is 9.88. The molecular formula is C20H30BNO2. The topological polar surface area (TPSA) is 30.5 Å². The lowest BCUT2D eigenvalue weighted by molar-refractivity contribution is 0.00578. The van der Waals surface area contributed by atoms with Crippen LogP contribution < -0.4 is 5.32 Å². The average Bonchev–Trinajstić information content (AvgIpc) is 2.75. The molecule has 1 aromatic carbocycles. The van der Waals surface area contributed by atoms with Crippen molar-refractivity contribution in [1.82, 2.24) is 5.32 Å². The molecule has 0 amide bonds. The van der Waals surface area contributed by atoms with E-state index in [2.05, 4.69) is 63.4 Å². The highest BCUT2D eigenvalue weighted by atomic mass is 16.7. The van der Waals surface area contributed by atoms with Crippen molar-refractivity contribution in [3.63, 3.8) is 0 Å². The molecule has 24 heavy (non-hydrogen) atoms. The number of hydrogen-bond donors (Lipinski definition) is 1. The van der Waals surface area contributed by atoms with Crippen molar-refractivity contribution in [3.05, 3.63) is 41.4 Å². The predicted octanol–water partition coefficient (Wildman–Crippen LogP) is 3.87. The van der Waals surface area contributed by atoms with Gasteiger partial charge in [0.25, 0.3) is 0 Å². The van der Waals surface area contributed by atoms with Crippen LogP contribution in [-0.4, -0.2) is 31.4 Å². The number of nitrogens with one attached hydrogen (secondary N) is 1. The minimum Gasteiger partial charge on any atom is -0.400 e. The van der Waals surface area contributed by atoms with E-state index in [4.69, 9.17) is 9.31 Å². The highest BCUT2D eigenvalue weighted by molar-refractivity contribution is 6.52. The molecule has 3 rings (SSSR count). The van der Waals surface area contributed by atoms with E-state index < -0.39 is 0 Å². The van der Waals surface area contributed by atoms with Crippen LogP contribution in [-0.2, 0) is 15.7 Å². The summed E-state index contributed by atoms with van der Waals surface area (Å²) in [6.45, 7) is 10.7. The van der Waals surface area contributed by atoms with Crippen LogP contribution >= 0.6 is 0 Å². The summed E-state index contributed by atoms with van der Waals surface area (Å²) in [7, 11) is -0.274. The normalized spacial score (nSPS) is 23.9. The molecular weight excluding hydrogens is 297 g/mol. The van der Waals surface area contributed by atoms with Gasteiger partial charge in [0.05, 0.1) is 11.2 Å². The largest absolute Gasteiger partial charge is 0.487 e. The number of hydrogen-bond acceptors (Lipinski definition) is 3. The Morgan fingerprint density at radius 1 is 1.04 bits per heavy atom. The van der Waals surface area contributed by atoms with Crippen molar-refractivity contribution in [2.75, 3.05) is 13.1 Å². The van der Waals surface area contributed by atoms with Gasteiger partial charge in [-0.15, -0.1) is 0 Å². The summed E-state index contributed by atoms with van der Waals surface area (Å²) >= 11 is 0. The monoisotopic (exact) mass is 327 g/mol. The van der Waals surface area contributed by atoms with Crippen LogP contribution in [0.2, 0.25) is 0 Å². The molecule has 4 heteroatoms. The van der Waals surface area contributed by atoms with Gasteiger partial charge in [-0.1, -0.05) is 36.3 Å². The second-order valence-corrected chi connectivity index (χ2v) is 8.12. The van der Waals surface area contributed by atoms with Gasteiger partial charge in [-0.3, -0.25) is 0 Å². The van der Waals surface area contributed by atoms with Gasteiger partial charge in [0.1, 0.15) is 0 Å². The Kier molecular flexibility index (Phi) is 5.19. The first-order valence-corrected chi connectivity index (χ1v) is 9.19. The Labute approximate surface area is 147 Å². The van der Waals surface area contributed by atoms with Gasteiger partial charge in [0.2, 0.25) is 0 Å². The molecule has 1 aromatic rings. The third-order valence-electron chi connectivity index (χ3n) is 5.68. The van der Waals surface area contributed by atoms with Crippen molar-refractivity contribution in [1.29, 1.82) is 0 Å². The van der Waals surface area contributed by atoms with Crippen molar-refractivity contribution in [2.24, 2.45) is 5.92 Å². The average molecular weight is 327 g/mol. The molecule has 1 N–H and O–H groups in total. The number of rotatable bonds is 4. The Morgan fingerprint density at radius 3 is 2.21 bits per heavy atom. The lowest BCUT2D eigenvalue weighted by Crippen LogP contribution is -2.41. The maximum absolute atomic E-state index is 6.00. The zero-order chi connectivity index (χ0) is 17.2. The molecule has 0 atom stereocenters. The highest BCUT2D eigenvalue weighted by Gasteiger charge is 2.49. The summed E-state index contributed by atoms with van der Waals surface area (Å²) in [6.07, 6.45) is 5.88. The van der Waals surface area contributed by atoms with Crippen molar-refractivity contribution in [3.8, 4) is 0 Å². The van der Waals surface area contributed by atoms with Gasteiger partial charge in [-0.2, -0.15) is 0 Å². The molecule has 0 aromatic heterocycles. The van der Waals surface area contributed by atoms with Crippen LogP contribution in [0.15, 0.2) is 30.2 Å². The van der Waals surface area contributed by atoms with Crippen molar-refractivity contribution < 1.29 is 9.31 Å². The Hall–Kier alpha value is -1.10. The predicted molar refractivity (Wildman–Crippen MR) is 101 cm³/mol. The minimum atomic E-state index is -0.277. The fourth-order valence-corrected chi connectivity index (χ4v) is 3.34. The molecule has 2 fully saturated rings. The van der Waals surface area contributed by atoms with Gasteiger partial charge in [-0.25, -0.2) is 0 Å². The Morgan fingerprint density at radius 2 is 1.62 bits per heavy atom. The summed E-state index contributed by atoms with van der Waals surface area (Å²) in [5, 5.41) is 3.43. The smallest absolute Gasteiger partial charge is 0.400 e. The quantitative estimate of drug-likeness (QED) is 0.852. The van der Waals surface area contributed by atoms with Gasteiger partial charge in [0, 0.05) is 0 Å². The van der Waals surface area contributed by atoms with E-state index in [1.165, 1.54) is 43.5 Å². The third-order valence-corrected chi connectivity index (χ3v) is 5.68. The van der Waals surface area contributed by atoms with E-state index >= 15 is 0 Å². The number of piperidine rings is 1. The lowest BCUT2D eigenvalue weighted by Gasteiger charge is -2.32. The minimum absolute atomic E-state index is 0.274. The Balaban J connectivity index is 1.56. The van der Waals surface area contributed by atoms with E-state index in [9.17, 15) is 0 Å². The van der Waals surface area contributed by atoms with Crippen molar-refractivity contribution in [2.45, 2.75) is 58.2 Å². The summed E-state index contributed by atoms with van der Waals surface area (Å²) in [4.78, 5) is 0. The van der Waals surface area contributed by atoms with E-state index in [1.807, 2.05) is 5.98 Å². The van der Waals surface area contributed by atoms with E-state index in [0.29, 0.717) is 0 Å². The second-order valence-electron chi connectivity index (χ2n) is 8.12. The zero-order valence-electron chi connectivity index (χ0n) is 15.5. The summed E-state index contributed by atoms with van der Waals surface area (Å²) in [6, 6.07) is 8.90. The van der Waals surface area contributed by atoms with E-state index in [1.54, 1.807) is 0 Å². The van der Waals surface area contributed by atoms with Crippen LogP contribution in [0.3, 0.4) is 0 Å². The summed E-state index contributed by atoms with van der Waals surface area (Å²) < 4.78 is 12.0. The molecule has 0 bridgehead atoms. The molecule has 2 aliphatic heterocycles. The van der Waals surface area contributed by atoms with E-state index in [0.717, 1.165) is 5.92 Å². The van der Waals surface area contributed by atoms with Crippen LogP contribution in [0.5, 0.6) is 0 Å². The Bertz CT molecular complexity index is 558. The molecule has 0 radical (unpaired) electrons. The summed E-state index contributed by atoms with van der Waals surface area (Å²) in [5.41, 5.74) is 2.08. The first kappa shape index (κ1) is 17.7. The van der Waals surface area contributed by atoms with Crippen LogP contribution in [0, 0.1) is 5.92 Å². The molecule has 0 unspecified atom stereocenters. The molecule has 0 saturated carbocycles. The molecule has 2 saturated heterocycles. The third kappa shape index (κ3) is 4.11. The van der Waals surface area contributed by atoms with Gasteiger partial charge in [0.15, 0.2) is 0 Å². The fraction of sp³-hybridized carbons (Fsp3) is 0.600. The van der Waals surface area contributed by atoms with Crippen molar-refractivity contribution >= 4 is 13.2 Å². The van der Waals surface area contributed by atoms with Gasteiger partial charge >= 0.3 is 7.12 Å².